The van der Waals surface area contributed by atoms with Gasteiger partial charge < -0.3 is 14.8 Å². The number of benzene rings is 1. The van der Waals surface area contributed by atoms with E-state index in [-0.39, 0.29) is 11.3 Å². The molecule has 0 bridgehead atoms. The van der Waals surface area contributed by atoms with Gasteiger partial charge in [0.1, 0.15) is 23.1 Å². The summed E-state index contributed by atoms with van der Waals surface area (Å²) < 4.78 is 38.4. The van der Waals surface area contributed by atoms with Crippen molar-refractivity contribution in [3.8, 4) is 11.5 Å². The van der Waals surface area contributed by atoms with Gasteiger partial charge in [0.25, 0.3) is 0 Å². The van der Waals surface area contributed by atoms with Crippen molar-refractivity contribution < 1.29 is 18.3 Å². The van der Waals surface area contributed by atoms with Crippen LogP contribution in [0.1, 0.15) is 16.5 Å². The first-order valence-electron chi connectivity index (χ1n) is 5.94. The predicted molar refractivity (Wildman–Crippen MR) is 74.7 cm³/mol. The Bertz CT molecular complexity index is 578. The van der Waals surface area contributed by atoms with E-state index in [9.17, 15) is 8.78 Å². The molecule has 1 N–H and O–H groups in total. The highest BCUT2D eigenvalue weighted by Gasteiger charge is 2.25. The van der Waals surface area contributed by atoms with Crippen molar-refractivity contribution >= 4 is 11.3 Å². The van der Waals surface area contributed by atoms with Gasteiger partial charge >= 0.3 is 0 Å². The molecule has 0 aliphatic rings. The summed E-state index contributed by atoms with van der Waals surface area (Å²) >= 11 is 1.38. The largest absolute Gasteiger partial charge is 0.497 e. The molecule has 0 fully saturated rings. The number of thiophene rings is 1. The minimum absolute atomic E-state index is 0.0472. The first kappa shape index (κ1) is 14.7. The summed E-state index contributed by atoms with van der Waals surface area (Å²) in [5.41, 5.74) is -0.0472. The van der Waals surface area contributed by atoms with Crippen LogP contribution in [0.4, 0.5) is 8.78 Å². The number of rotatable bonds is 5. The third-order valence-electron chi connectivity index (χ3n) is 3.00. The van der Waals surface area contributed by atoms with Gasteiger partial charge in [0.15, 0.2) is 0 Å². The van der Waals surface area contributed by atoms with Crippen LogP contribution in [0.2, 0.25) is 0 Å². The SMILES string of the molecule is CNC(c1sccc1OC)c1c(F)cc(OC)cc1F. The highest BCUT2D eigenvalue weighted by Crippen LogP contribution is 2.37. The fraction of sp³-hybridized carbons (Fsp3) is 0.286. The zero-order chi connectivity index (χ0) is 14.7. The summed E-state index contributed by atoms with van der Waals surface area (Å²) in [4.78, 5) is 0.720. The lowest BCUT2D eigenvalue weighted by molar-refractivity contribution is 0.399. The smallest absolute Gasteiger partial charge is 0.134 e. The molecule has 0 saturated carbocycles. The molecule has 1 aromatic carbocycles. The second kappa shape index (κ2) is 6.19. The van der Waals surface area contributed by atoms with Crippen LogP contribution >= 0.6 is 11.3 Å². The lowest BCUT2D eigenvalue weighted by Crippen LogP contribution is -2.20. The third kappa shape index (κ3) is 2.62. The lowest BCUT2D eigenvalue weighted by atomic mass is 10.0. The summed E-state index contributed by atoms with van der Waals surface area (Å²) in [6.07, 6.45) is 0. The monoisotopic (exact) mass is 299 g/mol. The Labute approximate surface area is 120 Å². The maximum absolute atomic E-state index is 14.2. The van der Waals surface area contributed by atoms with Gasteiger partial charge in [-0.3, -0.25) is 0 Å². The van der Waals surface area contributed by atoms with Gasteiger partial charge in [-0.05, 0) is 18.5 Å². The van der Waals surface area contributed by atoms with E-state index in [2.05, 4.69) is 5.32 Å². The van der Waals surface area contributed by atoms with Gasteiger partial charge in [0.05, 0.1) is 25.1 Å². The van der Waals surface area contributed by atoms with E-state index in [1.165, 1.54) is 37.7 Å². The van der Waals surface area contributed by atoms with Gasteiger partial charge in [0.2, 0.25) is 0 Å². The minimum Gasteiger partial charge on any atom is -0.497 e. The fourth-order valence-electron chi connectivity index (χ4n) is 2.05. The summed E-state index contributed by atoms with van der Waals surface area (Å²) in [5.74, 6) is -0.561. The van der Waals surface area contributed by atoms with E-state index in [1.807, 2.05) is 5.38 Å². The van der Waals surface area contributed by atoms with Crippen molar-refractivity contribution in [3.05, 3.63) is 45.7 Å². The van der Waals surface area contributed by atoms with Crippen molar-refractivity contribution in [2.75, 3.05) is 21.3 Å². The zero-order valence-corrected chi connectivity index (χ0v) is 12.2. The predicted octanol–water partition coefficient (Wildman–Crippen LogP) is 3.35. The normalized spacial score (nSPS) is 12.2. The molecular formula is C14H15F2NO2S. The molecule has 0 spiro atoms. The molecule has 0 aliphatic heterocycles. The van der Waals surface area contributed by atoms with E-state index < -0.39 is 17.7 Å². The molecule has 0 saturated heterocycles. The molecule has 1 atom stereocenters. The van der Waals surface area contributed by atoms with Gasteiger partial charge in [-0.25, -0.2) is 8.78 Å². The van der Waals surface area contributed by atoms with Crippen LogP contribution < -0.4 is 14.8 Å². The number of ether oxygens (including phenoxy) is 2. The van der Waals surface area contributed by atoms with Crippen molar-refractivity contribution in [1.29, 1.82) is 0 Å². The Morgan fingerprint density at radius 1 is 1.15 bits per heavy atom. The maximum atomic E-state index is 14.2. The van der Waals surface area contributed by atoms with Crippen LogP contribution in [0, 0.1) is 11.6 Å². The molecule has 2 rings (SSSR count). The molecule has 0 aliphatic carbocycles. The molecule has 108 valence electrons. The molecule has 1 heterocycles. The fourth-order valence-corrected chi connectivity index (χ4v) is 3.03. The van der Waals surface area contributed by atoms with E-state index in [0.717, 1.165) is 4.88 Å². The average Bonchev–Trinajstić information content (AvgIpc) is 2.90. The van der Waals surface area contributed by atoms with Crippen LogP contribution in [0.25, 0.3) is 0 Å². The summed E-state index contributed by atoms with van der Waals surface area (Å²) in [5, 5.41) is 4.74. The van der Waals surface area contributed by atoms with Gasteiger partial charge in [0, 0.05) is 17.7 Å². The molecule has 0 radical (unpaired) electrons. The first-order valence-corrected chi connectivity index (χ1v) is 6.81. The van der Waals surface area contributed by atoms with Crippen molar-refractivity contribution in [3.63, 3.8) is 0 Å². The Morgan fingerprint density at radius 3 is 2.30 bits per heavy atom. The number of hydrogen-bond donors (Lipinski definition) is 1. The second-order valence-electron chi connectivity index (χ2n) is 4.08. The molecule has 3 nitrogen and oxygen atoms in total. The number of hydrogen-bond acceptors (Lipinski definition) is 4. The Kier molecular flexibility index (Phi) is 4.57. The van der Waals surface area contributed by atoms with E-state index >= 15 is 0 Å². The molecular weight excluding hydrogens is 284 g/mol. The second-order valence-corrected chi connectivity index (χ2v) is 5.03. The Balaban J connectivity index is 2.53. The number of methoxy groups -OCH3 is 2. The molecule has 0 amide bonds. The summed E-state index contributed by atoms with van der Waals surface area (Å²) in [7, 11) is 4.54. The van der Waals surface area contributed by atoms with Crippen LogP contribution in [0.3, 0.4) is 0 Å². The Hall–Kier alpha value is -1.66. The summed E-state index contributed by atoms with van der Waals surface area (Å²) in [6.45, 7) is 0. The lowest BCUT2D eigenvalue weighted by Gasteiger charge is -2.18. The topological polar surface area (TPSA) is 30.5 Å². The van der Waals surface area contributed by atoms with E-state index in [4.69, 9.17) is 9.47 Å². The van der Waals surface area contributed by atoms with Crippen molar-refractivity contribution in [2.24, 2.45) is 0 Å². The van der Waals surface area contributed by atoms with Gasteiger partial charge in [-0.1, -0.05) is 0 Å². The van der Waals surface area contributed by atoms with Crippen molar-refractivity contribution in [2.45, 2.75) is 6.04 Å². The van der Waals surface area contributed by atoms with Crippen LogP contribution in [-0.2, 0) is 0 Å². The van der Waals surface area contributed by atoms with Crippen LogP contribution in [0.5, 0.6) is 11.5 Å². The maximum Gasteiger partial charge on any atom is 0.134 e. The first-order chi connectivity index (χ1) is 9.62. The van der Waals surface area contributed by atoms with Crippen LogP contribution in [-0.4, -0.2) is 21.3 Å². The minimum atomic E-state index is -0.656. The Morgan fingerprint density at radius 2 is 1.80 bits per heavy atom. The zero-order valence-electron chi connectivity index (χ0n) is 11.4. The highest BCUT2D eigenvalue weighted by molar-refractivity contribution is 7.10. The number of nitrogens with one attached hydrogen (secondary N) is 1. The third-order valence-corrected chi connectivity index (χ3v) is 3.97. The quantitative estimate of drug-likeness (QED) is 0.918. The standard InChI is InChI=1S/C14H15F2NO2S/c1-17-13(14-11(19-3)4-5-20-14)12-9(15)6-8(18-2)7-10(12)16/h4-7,13,17H,1-3H3. The molecule has 1 unspecified atom stereocenters. The average molecular weight is 299 g/mol. The molecule has 2 aromatic rings. The van der Waals surface area contributed by atoms with Crippen LogP contribution in [0.15, 0.2) is 23.6 Å². The van der Waals surface area contributed by atoms with Crippen molar-refractivity contribution in [1.82, 2.24) is 5.32 Å². The molecule has 1 aromatic heterocycles. The molecule has 6 heteroatoms. The van der Waals surface area contributed by atoms with Gasteiger partial charge in [-0.2, -0.15) is 0 Å². The summed E-state index contributed by atoms with van der Waals surface area (Å²) in [6, 6.07) is 3.49. The highest BCUT2D eigenvalue weighted by atomic mass is 32.1. The van der Waals surface area contributed by atoms with E-state index in [1.54, 1.807) is 13.1 Å². The van der Waals surface area contributed by atoms with E-state index in [0.29, 0.717) is 5.75 Å². The number of halogens is 2. The molecule has 20 heavy (non-hydrogen) atoms. The van der Waals surface area contributed by atoms with Gasteiger partial charge in [-0.15, -0.1) is 11.3 Å².